The molecule has 2 N–H and O–H groups in total. The molecule has 1 amide bonds. The van der Waals surface area contributed by atoms with Crippen LogP contribution in [-0.4, -0.2) is 21.7 Å². The van der Waals surface area contributed by atoms with Crippen LogP contribution in [0.15, 0.2) is 60.7 Å². The summed E-state index contributed by atoms with van der Waals surface area (Å²) in [7, 11) is 0. The summed E-state index contributed by atoms with van der Waals surface area (Å²) in [6.45, 7) is 0. The predicted octanol–water partition coefficient (Wildman–Crippen LogP) is 4.64. The number of anilines is 1. The highest BCUT2D eigenvalue weighted by molar-refractivity contribution is 6.31. The Bertz CT molecular complexity index is 1220. The molecule has 3 aromatic carbocycles. The van der Waals surface area contributed by atoms with E-state index in [9.17, 15) is 14.0 Å². The molecule has 0 aliphatic rings. The minimum Gasteiger partial charge on any atom is -0.335 e. The molecule has 0 aliphatic carbocycles. The number of fused-ring (bicyclic) bond motifs is 1. The molecule has 0 atom stereocenters. The third-order valence-electron chi connectivity index (χ3n) is 4.24. The zero-order valence-electron chi connectivity index (χ0n) is 14.3. The first-order valence-electron chi connectivity index (χ1n) is 8.29. The highest BCUT2D eigenvalue weighted by atomic mass is 35.5. The maximum absolute atomic E-state index is 14.1. The van der Waals surface area contributed by atoms with Crippen LogP contribution in [0.25, 0.3) is 11.0 Å². The SMILES string of the molecule is O=C(Nc1cccc(Cl)c1F)c1ccccc1C(=O)c1ccc2n[c][nH]c2c1. The van der Waals surface area contributed by atoms with Crippen LogP contribution in [0.4, 0.5) is 10.1 Å². The number of hydrogen-bond acceptors (Lipinski definition) is 3. The summed E-state index contributed by atoms with van der Waals surface area (Å²) in [5.74, 6) is -1.68. The molecule has 0 spiro atoms. The van der Waals surface area contributed by atoms with Crippen molar-refractivity contribution >= 4 is 40.0 Å². The van der Waals surface area contributed by atoms with Gasteiger partial charge in [0.15, 0.2) is 17.9 Å². The summed E-state index contributed by atoms with van der Waals surface area (Å²) >= 11 is 5.75. The zero-order valence-corrected chi connectivity index (χ0v) is 15.0. The molecule has 5 nitrogen and oxygen atoms in total. The van der Waals surface area contributed by atoms with E-state index in [-0.39, 0.29) is 27.6 Å². The molecule has 0 bridgehead atoms. The number of rotatable bonds is 4. The Hall–Kier alpha value is -3.51. The van der Waals surface area contributed by atoms with Crippen molar-refractivity contribution in [1.82, 2.24) is 9.97 Å². The molecule has 0 unspecified atom stereocenters. The molecule has 4 aromatic rings. The average molecular weight is 393 g/mol. The number of ketones is 1. The zero-order chi connectivity index (χ0) is 19.7. The lowest BCUT2D eigenvalue weighted by atomic mass is 9.97. The van der Waals surface area contributed by atoms with Gasteiger partial charge in [-0.1, -0.05) is 35.9 Å². The lowest BCUT2D eigenvalue weighted by Crippen LogP contribution is -2.17. The third kappa shape index (κ3) is 3.25. The summed E-state index contributed by atoms with van der Waals surface area (Å²) in [4.78, 5) is 32.5. The molecule has 4 rings (SSSR count). The number of aromatic amines is 1. The third-order valence-corrected chi connectivity index (χ3v) is 4.53. The summed E-state index contributed by atoms with van der Waals surface area (Å²) in [5, 5.41) is 2.36. The molecule has 7 heteroatoms. The quantitative estimate of drug-likeness (QED) is 0.497. The minimum absolute atomic E-state index is 0.0610. The maximum atomic E-state index is 14.1. The average Bonchev–Trinajstić information content (AvgIpc) is 3.18. The van der Waals surface area contributed by atoms with E-state index in [0.29, 0.717) is 16.6 Å². The van der Waals surface area contributed by atoms with Gasteiger partial charge in [-0.05, 0) is 36.4 Å². The molecule has 0 fully saturated rings. The first-order valence-corrected chi connectivity index (χ1v) is 8.67. The van der Waals surface area contributed by atoms with Gasteiger partial charge < -0.3 is 10.3 Å². The molecule has 1 aromatic heterocycles. The second kappa shape index (κ2) is 7.25. The van der Waals surface area contributed by atoms with E-state index in [4.69, 9.17) is 11.6 Å². The van der Waals surface area contributed by atoms with E-state index in [1.165, 1.54) is 24.3 Å². The molecular formula is C21H12ClFN3O2. The number of hydrogen-bond donors (Lipinski definition) is 2. The molecule has 0 saturated heterocycles. The highest BCUT2D eigenvalue weighted by Gasteiger charge is 2.20. The predicted molar refractivity (Wildman–Crippen MR) is 104 cm³/mol. The van der Waals surface area contributed by atoms with Crippen molar-refractivity contribution in [2.24, 2.45) is 0 Å². The van der Waals surface area contributed by atoms with Gasteiger partial charge in [-0.3, -0.25) is 9.59 Å². The van der Waals surface area contributed by atoms with Crippen LogP contribution < -0.4 is 5.32 Å². The van der Waals surface area contributed by atoms with E-state index in [1.54, 1.807) is 36.4 Å². The summed E-state index contributed by atoms with van der Waals surface area (Å²) in [6, 6.07) is 15.6. The molecule has 1 heterocycles. The minimum atomic E-state index is -0.734. The largest absolute Gasteiger partial charge is 0.335 e. The Kier molecular flexibility index (Phi) is 4.63. The number of amides is 1. The van der Waals surface area contributed by atoms with Crippen molar-refractivity contribution in [3.63, 3.8) is 0 Å². The van der Waals surface area contributed by atoms with Gasteiger partial charge in [0.1, 0.15) is 0 Å². The van der Waals surface area contributed by atoms with Gasteiger partial charge in [-0.2, -0.15) is 0 Å². The lowest BCUT2D eigenvalue weighted by Gasteiger charge is -2.11. The first kappa shape index (κ1) is 17.9. The number of imidazole rings is 1. The van der Waals surface area contributed by atoms with E-state index in [0.717, 1.165) is 0 Å². The lowest BCUT2D eigenvalue weighted by molar-refractivity contribution is 0.0996. The van der Waals surface area contributed by atoms with Gasteiger partial charge >= 0.3 is 0 Å². The van der Waals surface area contributed by atoms with Crippen molar-refractivity contribution in [2.45, 2.75) is 0 Å². The standard InChI is InChI=1S/C21H12ClFN3O2/c22-15-6-3-7-17(19(15)23)26-21(28)14-5-2-1-4-13(14)20(27)12-8-9-16-18(10-12)25-11-24-16/h1-10H,(H,24,25)(H,26,28). The number of benzene rings is 3. The summed E-state index contributed by atoms with van der Waals surface area (Å²) < 4.78 is 14.1. The van der Waals surface area contributed by atoms with E-state index >= 15 is 0 Å². The van der Waals surface area contributed by atoms with Crippen LogP contribution >= 0.6 is 11.6 Å². The van der Waals surface area contributed by atoms with Crippen molar-refractivity contribution in [1.29, 1.82) is 0 Å². The highest BCUT2D eigenvalue weighted by Crippen LogP contribution is 2.24. The Morgan fingerprint density at radius 2 is 1.82 bits per heavy atom. The van der Waals surface area contributed by atoms with Crippen LogP contribution in [0.1, 0.15) is 26.3 Å². The normalized spacial score (nSPS) is 10.8. The van der Waals surface area contributed by atoms with Crippen molar-refractivity contribution < 1.29 is 14.0 Å². The summed E-state index contributed by atoms with van der Waals surface area (Å²) in [5.41, 5.74) is 2.00. The van der Waals surface area contributed by atoms with Crippen LogP contribution in [0.5, 0.6) is 0 Å². The molecule has 0 saturated carbocycles. The molecule has 0 aliphatic heterocycles. The van der Waals surface area contributed by atoms with Gasteiger partial charge in [-0.25, -0.2) is 9.37 Å². The fourth-order valence-corrected chi connectivity index (χ4v) is 3.02. The van der Waals surface area contributed by atoms with E-state index < -0.39 is 11.7 Å². The Morgan fingerprint density at radius 1 is 1.04 bits per heavy atom. The monoisotopic (exact) mass is 392 g/mol. The number of H-pyrrole nitrogens is 1. The van der Waals surface area contributed by atoms with E-state index in [1.807, 2.05) is 0 Å². The van der Waals surface area contributed by atoms with Crippen molar-refractivity contribution in [3.8, 4) is 0 Å². The number of nitrogens with zero attached hydrogens (tertiary/aromatic N) is 1. The number of nitrogens with one attached hydrogen (secondary N) is 2. The smallest absolute Gasteiger partial charge is 0.256 e. The molecule has 28 heavy (non-hydrogen) atoms. The van der Waals surface area contributed by atoms with Gasteiger partial charge in [0.05, 0.1) is 27.3 Å². The van der Waals surface area contributed by atoms with Gasteiger partial charge in [-0.15, -0.1) is 0 Å². The van der Waals surface area contributed by atoms with Crippen molar-refractivity contribution in [3.05, 3.63) is 94.5 Å². The van der Waals surface area contributed by atoms with Crippen LogP contribution in [0.2, 0.25) is 5.02 Å². The van der Waals surface area contributed by atoms with Gasteiger partial charge in [0, 0.05) is 11.1 Å². The van der Waals surface area contributed by atoms with Crippen LogP contribution in [-0.2, 0) is 0 Å². The number of halogens is 2. The first-order chi connectivity index (χ1) is 13.5. The van der Waals surface area contributed by atoms with Gasteiger partial charge in [0.25, 0.3) is 5.91 Å². The Morgan fingerprint density at radius 3 is 2.64 bits per heavy atom. The van der Waals surface area contributed by atoms with E-state index in [2.05, 4.69) is 21.6 Å². The maximum Gasteiger partial charge on any atom is 0.256 e. The van der Waals surface area contributed by atoms with Crippen LogP contribution in [0, 0.1) is 12.1 Å². The molecular weight excluding hydrogens is 381 g/mol. The topological polar surface area (TPSA) is 74.8 Å². The number of carbonyl (C=O) groups excluding carboxylic acids is 2. The molecule has 1 radical (unpaired) electrons. The Balaban J connectivity index is 1.68. The number of aromatic nitrogens is 2. The Labute approximate surface area is 164 Å². The fourth-order valence-electron chi connectivity index (χ4n) is 2.85. The van der Waals surface area contributed by atoms with Crippen molar-refractivity contribution in [2.75, 3.05) is 5.32 Å². The number of carbonyl (C=O) groups is 2. The summed E-state index contributed by atoms with van der Waals surface area (Å²) in [6.07, 6.45) is 2.61. The second-order valence-electron chi connectivity index (χ2n) is 6.01. The van der Waals surface area contributed by atoms with Crippen LogP contribution in [0.3, 0.4) is 0 Å². The van der Waals surface area contributed by atoms with Gasteiger partial charge in [0.2, 0.25) is 0 Å². The second-order valence-corrected chi connectivity index (χ2v) is 6.42. The molecule has 137 valence electrons. The fraction of sp³-hybridized carbons (Fsp3) is 0.